The lowest BCUT2D eigenvalue weighted by molar-refractivity contribution is -0.138. The molecular weight excluding hydrogens is 436 g/mol. The first kappa shape index (κ1) is 22.4. The second-order valence-electron chi connectivity index (χ2n) is 9.76. The third-order valence-corrected chi connectivity index (χ3v) is 7.33. The summed E-state index contributed by atoms with van der Waals surface area (Å²) < 4.78 is 11.2. The predicted octanol–water partition coefficient (Wildman–Crippen LogP) is 3.05. The van der Waals surface area contributed by atoms with E-state index in [9.17, 15) is 14.4 Å². The minimum absolute atomic E-state index is 0.0570. The largest absolute Gasteiger partial charge is 0.481 e. The van der Waals surface area contributed by atoms with Crippen molar-refractivity contribution in [3.63, 3.8) is 0 Å². The number of rotatable bonds is 7. The lowest BCUT2D eigenvalue weighted by Crippen LogP contribution is -2.56. The quantitative estimate of drug-likeness (QED) is 0.580. The van der Waals surface area contributed by atoms with E-state index >= 15 is 0 Å². The number of alkyl carbamates (subject to hydrolysis) is 1. The molecule has 2 unspecified atom stereocenters. The number of benzene rings is 2. The van der Waals surface area contributed by atoms with Crippen molar-refractivity contribution in [1.29, 1.82) is 0 Å². The van der Waals surface area contributed by atoms with E-state index in [2.05, 4.69) is 34.9 Å². The zero-order chi connectivity index (χ0) is 23.9. The summed E-state index contributed by atoms with van der Waals surface area (Å²) >= 11 is 0. The van der Waals surface area contributed by atoms with Crippen LogP contribution in [0, 0.1) is 5.41 Å². The molecule has 5 rings (SSSR count). The first-order valence-corrected chi connectivity index (χ1v) is 11.5. The summed E-state index contributed by atoms with van der Waals surface area (Å²) in [5.41, 5.74) is 2.84. The fraction of sp³-hybridized carbons (Fsp3) is 0.423. The number of carbonyl (C=O) groups excluding carboxylic acids is 2. The Balaban J connectivity index is 1.23. The number of hydrogen-bond acceptors (Lipinski definition) is 5. The molecule has 1 saturated carbocycles. The number of nitrogens with one attached hydrogen (secondary N) is 2. The Morgan fingerprint density at radius 2 is 1.68 bits per heavy atom. The fourth-order valence-corrected chi connectivity index (χ4v) is 5.05. The van der Waals surface area contributed by atoms with Crippen LogP contribution in [0.5, 0.6) is 0 Å². The summed E-state index contributed by atoms with van der Waals surface area (Å²) in [5.74, 6) is -1.31. The highest BCUT2D eigenvalue weighted by molar-refractivity contribution is 5.86. The minimum atomic E-state index is -1.01. The van der Waals surface area contributed by atoms with Crippen LogP contribution >= 0.6 is 0 Å². The van der Waals surface area contributed by atoms with Crippen molar-refractivity contribution in [2.24, 2.45) is 5.41 Å². The molecule has 2 aromatic rings. The van der Waals surface area contributed by atoms with Crippen LogP contribution in [-0.2, 0) is 19.1 Å². The highest BCUT2D eigenvalue weighted by Gasteiger charge is 2.53. The molecule has 34 heavy (non-hydrogen) atoms. The highest BCUT2D eigenvalue weighted by Crippen LogP contribution is 2.44. The van der Waals surface area contributed by atoms with E-state index in [1.54, 1.807) is 6.92 Å². The van der Waals surface area contributed by atoms with E-state index in [1.165, 1.54) is 0 Å². The third kappa shape index (κ3) is 4.03. The molecule has 8 heteroatoms. The molecule has 1 saturated heterocycles. The van der Waals surface area contributed by atoms with E-state index < -0.39 is 29.1 Å². The Bertz CT molecular complexity index is 1100. The topological polar surface area (TPSA) is 114 Å². The van der Waals surface area contributed by atoms with Gasteiger partial charge in [0, 0.05) is 5.92 Å². The Morgan fingerprint density at radius 1 is 1.06 bits per heavy atom. The molecule has 8 nitrogen and oxygen atoms in total. The summed E-state index contributed by atoms with van der Waals surface area (Å²) in [7, 11) is 0. The van der Waals surface area contributed by atoms with Crippen LogP contribution in [0.4, 0.5) is 4.79 Å². The Hall–Kier alpha value is -3.39. The van der Waals surface area contributed by atoms with Crippen LogP contribution in [0.3, 0.4) is 0 Å². The number of carboxylic acid groups (broad SMARTS) is 1. The molecule has 3 N–H and O–H groups in total. The number of carboxylic acids is 1. The van der Waals surface area contributed by atoms with Gasteiger partial charge in [-0.2, -0.15) is 0 Å². The molecule has 178 valence electrons. The number of fused-ring (bicyclic) bond motifs is 3. The molecule has 2 aromatic carbocycles. The number of ether oxygens (including phenoxy) is 2. The van der Waals surface area contributed by atoms with Gasteiger partial charge in [0.25, 0.3) is 0 Å². The second kappa shape index (κ2) is 8.43. The van der Waals surface area contributed by atoms with Gasteiger partial charge in [0.05, 0.1) is 36.6 Å². The summed E-state index contributed by atoms with van der Waals surface area (Å²) in [6, 6.07) is 15.6. The van der Waals surface area contributed by atoms with Gasteiger partial charge in [-0.25, -0.2) is 4.79 Å². The van der Waals surface area contributed by atoms with Crippen molar-refractivity contribution in [2.45, 2.75) is 43.7 Å². The summed E-state index contributed by atoms with van der Waals surface area (Å²) in [5, 5.41) is 14.8. The van der Waals surface area contributed by atoms with E-state index in [-0.39, 0.29) is 38.1 Å². The molecule has 0 aromatic heterocycles. The van der Waals surface area contributed by atoms with E-state index in [0.717, 1.165) is 22.3 Å². The molecule has 1 aliphatic heterocycles. The molecule has 2 atom stereocenters. The lowest BCUT2D eigenvalue weighted by atomic mass is 9.83. The molecule has 2 fully saturated rings. The van der Waals surface area contributed by atoms with Gasteiger partial charge in [0.2, 0.25) is 5.91 Å². The van der Waals surface area contributed by atoms with Gasteiger partial charge in [-0.05, 0) is 42.0 Å². The zero-order valence-corrected chi connectivity index (χ0v) is 19.0. The average molecular weight is 465 g/mol. The first-order valence-electron chi connectivity index (χ1n) is 11.5. The molecule has 0 spiro atoms. The number of carbonyl (C=O) groups is 3. The lowest BCUT2D eigenvalue weighted by Gasteiger charge is -2.30. The van der Waals surface area contributed by atoms with E-state index in [4.69, 9.17) is 14.6 Å². The average Bonchev–Trinajstić information content (AvgIpc) is 3.33. The van der Waals surface area contributed by atoms with E-state index in [0.29, 0.717) is 12.8 Å². The predicted molar refractivity (Wildman–Crippen MR) is 123 cm³/mol. The molecule has 1 heterocycles. The van der Waals surface area contributed by atoms with Gasteiger partial charge in [0.15, 0.2) is 0 Å². The third-order valence-electron chi connectivity index (χ3n) is 7.33. The maximum atomic E-state index is 13.1. The minimum Gasteiger partial charge on any atom is -0.481 e. The fourth-order valence-electron chi connectivity index (χ4n) is 5.05. The Labute approximate surface area is 197 Å². The number of amides is 2. The maximum Gasteiger partial charge on any atom is 0.407 e. The molecular formula is C26H28N2O6. The molecule has 2 amide bonds. The maximum absolute atomic E-state index is 13.1. The van der Waals surface area contributed by atoms with Gasteiger partial charge >= 0.3 is 12.1 Å². The summed E-state index contributed by atoms with van der Waals surface area (Å²) in [6.07, 6.45) is 0.544. The van der Waals surface area contributed by atoms with Crippen molar-refractivity contribution in [1.82, 2.24) is 10.6 Å². The van der Waals surface area contributed by atoms with Crippen molar-refractivity contribution < 1.29 is 29.0 Å². The second-order valence-corrected chi connectivity index (χ2v) is 9.76. The normalized spacial score (nSPS) is 24.1. The smallest absolute Gasteiger partial charge is 0.407 e. The van der Waals surface area contributed by atoms with Crippen molar-refractivity contribution >= 4 is 18.0 Å². The van der Waals surface area contributed by atoms with Crippen LogP contribution in [0.1, 0.15) is 43.2 Å². The van der Waals surface area contributed by atoms with Gasteiger partial charge < -0.3 is 25.2 Å². The van der Waals surface area contributed by atoms with E-state index in [1.807, 2.05) is 24.3 Å². The van der Waals surface area contributed by atoms with Crippen molar-refractivity contribution in [2.75, 3.05) is 19.8 Å². The van der Waals surface area contributed by atoms with Gasteiger partial charge in [-0.1, -0.05) is 48.5 Å². The monoisotopic (exact) mass is 464 g/mol. The van der Waals surface area contributed by atoms with Crippen LogP contribution in [0.15, 0.2) is 48.5 Å². The number of aliphatic carboxylic acids is 1. The van der Waals surface area contributed by atoms with Gasteiger partial charge in [0.1, 0.15) is 6.61 Å². The number of hydrogen-bond donors (Lipinski definition) is 3. The van der Waals surface area contributed by atoms with Gasteiger partial charge in [-0.15, -0.1) is 0 Å². The van der Waals surface area contributed by atoms with Crippen molar-refractivity contribution in [3.8, 4) is 11.1 Å². The highest BCUT2D eigenvalue weighted by atomic mass is 16.5. The Morgan fingerprint density at radius 3 is 2.26 bits per heavy atom. The molecule has 0 radical (unpaired) electrons. The van der Waals surface area contributed by atoms with Crippen LogP contribution in [0.25, 0.3) is 11.1 Å². The molecule has 0 bridgehead atoms. The zero-order valence-electron chi connectivity index (χ0n) is 19.0. The first-order chi connectivity index (χ1) is 16.3. The molecule has 2 aliphatic carbocycles. The van der Waals surface area contributed by atoms with Gasteiger partial charge in [-0.3, -0.25) is 9.59 Å². The van der Waals surface area contributed by atoms with Crippen LogP contribution in [-0.4, -0.2) is 54.5 Å². The Kier molecular flexibility index (Phi) is 5.56. The SMILES string of the molecule is CC1(C(=O)NC2(CC(=O)O)CC2)COCC1NC(=O)OCC1c2ccccc2-c2ccccc21. The van der Waals surface area contributed by atoms with Crippen LogP contribution in [0.2, 0.25) is 0 Å². The summed E-state index contributed by atoms with van der Waals surface area (Å²) in [6.45, 7) is 2.22. The van der Waals surface area contributed by atoms with Crippen molar-refractivity contribution in [3.05, 3.63) is 59.7 Å². The van der Waals surface area contributed by atoms with Crippen LogP contribution < -0.4 is 10.6 Å². The summed E-state index contributed by atoms with van der Waals surface area (Å²) in [4.78, 5) is 36.9. The standard InChI is InChI=1S/C26H28N2O6/c1-25(23(31)28-26(10-11-26)12-22(29)30)15-33-14-21(25)27-24(32)34-13-20-18-8-4-2-6-16(18)17-7-3-5-9-19(17)20/h2-9,20-21H,10-15H2,1H3,(H,27,32)(H,28,31)(H,29,30). The molecule has 3 aliphatic rings.